The second-order valence-corrected chi connectivity index (χ2v) is 6.91. The van der Waals surface area contributed by atoms with Crippen molar-refractivity contribution in [2.45, 2.75) is 39.2 Å². The van der Waals surface area contributed by atoms with Crippen molar-refractivity contribution in [1.29, 1.82) is 0 Å². The number of hydrogen-bond acceptors (Lipinski definition) is 7. The van der Waals surface area contributed by atoms with Gasteiger partial charge in [-0.05, 0) is 18.6 Å². The molecule has 0 aliphatic heterocycles. The van der Waals surface area contributed by atoms with Gasteiger partial charge in [-0.15, -0.1) is 0 Å². The Balaban J connectivity index is 1.96. The smallest absolute Gasteiger partial charge is 0.329 e. The largest absolute Gasteiger partial charge is 0.504 e. The quantitative estimate of drug-likeness (QED) is 0.280. The van der Waals surface area contributed by atoms with Crippen molar-refractivity contribution in [1.82, 2.24) is 19.1 Å². The van der Waals surface area contributed by atoms with Gasteiger partial charge in [-0.25, -0.2) is 10.2 Å². The van der Waals surface area contributed by atoms with Crippen LogP contribution < -0.4 is 21.4 Å². The molecule has 2 aromatic heterocycles. The molecule has 0 saturated heterocycles. The van der Waals surface area contributed by atoms with Crippen LogP contribution in [0.4, 0.5) is 5.95 Å². The summed E-state index contributed by atoms with van der Waals surface area (Å²) in [4.78, 5) is 31.1. The maximum atomic E-state index is 12.4. The highest BCUT2D eigenvalue weighted by Gasteiger charge is 2.17. The number of H-pyrrole nitrogens is 1. The molecule has 0 unspecified atom stereocenters. The van der Waals surface area contributed by atoms with Gasteiger partial charge in [-0.3, -0.25) is 14.3 Å². The van der Waals surface area contributed by atoms with Crippen LogP contribution in [0.25, 0.3) is 11.2 Å². The summed E-state index contributed by atoms with van der Waals surface area (Å²) in [7, 11) is 3.02. The van der Waals surface area contributed by atoms with Crippen LogP contribution >= 0.6 is 0 Å². The number of hydrogen-bond donors (Lipinski definition) is 3. The Morgan fingerprint density at radius 3 is 2.83 bits per heavy atom. The van der Waals surface area contributed by atoms with E-state index in [-0.39, 0.29) is 11.4 Å². The number of unbranched alkanes of at least 4 members (excludes halogenated alkanes) is 3. The van der Waals surface area contributed by atoms with Gasteiger partial charge in [-0.2, -0.15) is 10.1 Å². The zero-order chi connectivity index (χ0) is 21.7. The van der Waals surface area contributed by atoms with E-state index in [1.165, 1.54) is 17.9 Å². The van der Waals surface area contributed by atoms with Crippen molar-refractivity contribution in [3.8, 4) is 11.5 Å². The predicted molar refractivity (Wildman–Crippen MR) is 116 cm³/mol. The summed E-state index contributed by atoms with van der Waals surface area (Å²) in [5, 5.41) is 14.3. The number of anilines is 1. The minimum atomic E-state index is -0.528. The molecule has 3 aromatic rings. The second-order valence-electron chi connectivity index (χ2n) is 6.91. The van der Waals surface area contributed by atoms with Crippen molar-refractivity contribution in [3.63, 3.8) is 0 Å². The van der Waals surface area contributed by atoms with Crippen LogP contribution in [-0.4, -0.2) is 37.5 Å². The third kappa shape index (κ3) is 4.22. The van der Waals surface area contributed by atoms with Crippen molar-refractivity contribution in [2.75, 3.05) is 12.5 Å². The van der Waals surface area contributed by atoms with Crippen LogP contribution in [0, 0.1) is 0 Å². The van der Waals surface area contributed by atoms with E-state index in [4.69, 9.17) is 4.74 Å². The van der Waals surface area contributed by atoms with E-state index < -0.39 is 11.2 Å². The van der Waals surface area contributed by atoms with E-state index in [0.29, 0.717) is 29.3 Å². The first kappa shape index (κ1) is 21.2. The first-order chi connectivity index (χ1) is 14.5. The summed E-state index contributed by atoms with van der Waals surface area (Å²) in [6.07, 6.45) is 5.50. The molecule has 0 bridgehead atoms. The van der Waals surface area contributed by atoms with Crippen molar-refractivity contribution >= 4 is 23.3 Å². The summed E-state index contributed by atoms with van der Waals surface area (Å²) < 4.78 is 8.11. The lowest BCUT2D eigenvalue weighted by atomic mass is 10.2. The highest BCUT2D eigenvalue weighted by molar-refractivity contribution is 5.85. The third-order valence-electron chi connectivity index (χ3n) is 4.86. The number of fused-ring (bicyclic) bond motifs is 1. The second kappa shape index (κ2) is 9.29. The molecule has 0 spiro atoms. The number of rotatable bonds is 9. The average molecular weight is 414 g/mol. The average Bonchev–Trinajstić information content (AvgIpc) is 3.10. The Hall–Kier alpha value is -3.56. The number of hydrazone groups is 1. The highest BCUT2D eigenvalue weighted by Crippen LogP contribution is 2.28. The predicted octanol–water partition coefficient (Wildman–Crippen LogP) is 2.16. The van der Waals surface area contributed by atoms with Gasteiger partial charge in [0.2, 0.25) is 5.95 Å². The van der Waals surface area contributed by atoms with Gasteiger partial charge in [-0.1, -0.05) is 32.3 Å². The van der Waals surface area contributed by atoms with E-state index in [9.17, 15) is 14.7 Å². The van der Waals surface area contributed by atoms with Crippen LogP contribution in [0.2, 0.25) is 0 Å². The number of aromatic hydroxyl groups is 1. The Kier molecular flexibility index (Phi) is 6.55. The number of nitrogens with zero attached hydrogens (tertiary/aromatic N) is 4. The Morgan fingerprint density at radius 2 is 2.10 bits per heavy atom. The SMILES string of the molecule is CCCCCCn1c(N/N=C\c2cccc(OC)c2O)nc2c1c(=O)[nH]c(=O)n2C. The summed E-state index contributed by atoms with van der Waals surface area (Å²) >= 11 is 0. The molecule has 160 valence electrons. The zero-order valence-electron chi connectivity index (χ0n) is 17.3. The van der Waals surface area contributed by atoms with E-state index in [0.717, 1.165) is 25.7 Å². The molecule has 0 amide bonds. The topological polar surface area (TPSA) is 127 Å². The number of phenols is 1. The standard InChI is InChI=1S/C20H26N6O4/c1-4-5-6-7-11-26-15-17(25(2)20(29)23-18(15)28)22-19(26)24-21-12-13-9-8-10-14(30-3)16(13)27/h8-10,12,27H,4-7,11H2,1-3H3,(H,22,24)(H,23,28,29)/b21-12-. The molecule has 1 aromatic carbocycles. The van der Waals surface area contributed by atoms with Crippen LogP contribution in [-0.2, 0) is 13.6 Å². The lowest BCUT2D eigenvalue weighted by Crippen LogP contribution is -2.29. The Morgan fingerprint density at radius 1 is 1.30 bits per heavy atom. The first-order valence-corrected chi connectivity index (χ1v) is 9.82. The minimum absolute atomic E-state index is 0.0301. The summed E-state index contributed by atoms with van der Waals surface area (Å²) in [6, 6.07) is 5.06. The molecule has 0 aliphatic rings. The fourth-order valence-electron chi connectivity index (χ4n) is 3.20. The molecular weight excluding hydrogens is 388 g/mol. The van der Waals surface area contributed by atoms with Gasteiger partial charge >= 0.3 is 5.69 Å². The number of aromatic nitrogens is 4. The molecule has 10 heteroatoms. The summed E-state index contributed by atoms with van der Waals surface area (Å²) in [5.41, 5.74) is 2.87. The zero-order valence-corrected chi connectivity index (χ0v) is 17.3. The van der Waals surface area contributed by atoms with E-state index in [2.05, 4.69) is 27.4 Å². The number of aromatic amines is 1. The number of aryl methyl sites for hydroxylation is 2. The molecule has 30 heavy (non-hydrogen) atoms. The lowest BCUT2D eigenvalue weighted by molar-refractivity contribution is 0.373. The molecule has 0 radical (unpaired) electrons. The molecular formula is C20H26N6O4. The van der Waals surface area contributed by atoms with Crippen LogP contribution in [0.15, 0.2) is 32.9 Å². The number of phenolic OH excluding ortho intramolecular Hbond substituents is 1. The van der Waals surface area contributed by atoms with Gasteiger partial charge in [0.15, 0.2) is 22.7 Å². The molecule has 0 aliphatic carbocycles. The summed E-state index contributed by atoms with van der Waals surface area (Å²) in [6.45, 7) is 2.68. The van der Waals surface area contributed by atoms with Crippen LogP contribution in [0.3, 0.4) is 0 Å². The molecule has 0 atom stereocenters. The van der Waals surface area contributed by atoms with Crippen molar-refractivity contribution in [3.05, 3.63) is 44.6 Å². The van der Waals surface area contributed by atoms with Gasteiger partial charge in [0.1, 0.15) is 0 Å². The van der Waals surface area contributed by atoms with Crippen molar-refractivity contribution in [2.24, 2.45) is 12.1 Å². The lowest BCUT2D eigenvalue weighted by Gasteiger charge is -2.08. The molecule has 3 rings (SSSR count). The van der Waals surface area contributed by atoms with E-state index in [1.807, 2.05) is 0 Å². The highest BCUT2D eigenvalue weighted by atomic mass is 16.5. The maximum Gasteiger partial charge on any atom is 0.329 e. The van der Waals surface area contributed by atoms with Gasteiger partial charge in [0.05, 0.1) is 13.3 Å². The number of para-hydroxylation sites is 1. The number of imidazole rings is 1. The molecule has 3 N–H and O–H groups in total. The van der Waals surface area contributed by atoms with E-state index in [1.54, 1.807) is 29.8 Å². The van der Waals surface area contributed by atoms with Gasteiger partial charge in [0.25, 0.3) is 5.56 Å². The first-order valence-electron chi connectivity index (χ1n) is 9.82. The van der Waals surface area contributed by atoms with Gasteiger partial charge in [0, 0.05) is 19.2 Å². The maximum absolute atomic E-state index is 12.4. The summed E-state index contributed by atoms with van der Waals surface area (Å²) in [5.74, 6) is 0.646. The molecule has 0 saturated carbocycles. The fourth-order valence-corrected chi connectivity index (χ4v) is 3.20. The molecule has 2 heterocycles. The minimum Gasteiger partial charge on any atom is -0.504 e. The number of nitrogens with one attached hydrogen (secondary N) is 2. The monoisotopic (exact) mass is 414 g/mol. The van der Waals surface area contributed by atoms with Gasteiger partial charge < -0.3 is 14.4 Å². The normalized spacial score (nSPS) is 11.4. The number of benzene rings is 1. The molecule has 0 fully saturated rings. The Bertz CT molecular complexity index is 1170. The number of ether oxygens (including phenoxy) is 1. The van der Waals surface area contributed by atoms with Crippen molar-refractivity contribution < 1.29 is 9.84 Å². The molecule has 10 nitrogen and oxygen atoms in total. The third-order valence-corrected chi connectivity index (χ3v) is 4.86. The fraction of sp³-hybridized carbons (Fsp3) is 0.400. The Labute approximate surface area is 172 Å². The van der Waals surface area contributed by atoms with E-state index >= 15 is 0 Å². The van der Waals surface area contributed by atoms with Crippen LogP contribution in [0.5, 0.6) is 11.5 Å². The van der Waals surface area contributed by atoms with Crippen LogP contribution in [0.1, 0.15) is 38.2 Å². The number of methoxy groups -OCH3 is 1.